The fourth-order valence-electron chi connectivity index (χ4n) is 4.24. The lowest BCUT2D eigenvalue weighted by Crippen LogP contribution is -2.22. The summed E-state index contributed by atoms with van der Waals surface area (Å²) < 4.78 is 3.80. The number of carbonyl (C=O) groups excluding carboxylic acids is 2. The minimum absolute atomic E-state index is 0.353. The molecule has 8 heteroatoms. The molecule has 160 valence electrons. The summed E-state index contributed by atoms with van der Waals surface area (Å²) in [5.74, 6) is -0.114. The van der Waals surface area contributed by atoms with Gasteiger partial charge in [-0.3, -0.25) is 14.9 Å². The first-order chi connectivity index (χ1) is 16.0. The van der Waals surface area contributed by atoms with Crippen molar-refractivity contribution < 1.29 is 9.59 Å². The molecule has 4 heterocycles. The molecule has 0 saturated carbocycles. The summed E-state index contributed by atoms with van der Waals surface area (Å²) in [6.45, 7) is 0. The Labute approximate surface area is 205 Å². The Bertz CT molecular complexity index is 1650. The third kappa shape index (κ3) is 3.23. The van der Waals surface area contributed by atoms with E-state index in [0.29, 0.717) is 33.1 Å². The smallest absolute Gasteiger partial charge is 0.259 e. The molecule has 0 atom stereocenters. The van der Waals surface area contributed by atoms with E-state index < -0.39 is 11.8 Å². The van der Waals surface area contributed by atoms with Crippen LogP contribution in [-0.4, -0.2) is 21.4 Å². The number of hydrogen-bond donors (Lipinski definition) is 1. The maximum Gasteiger partial charge on any atom is 0.259 e. The summed E-state index contributed by atoms with van der Waals surface area (Å²) in [4.78, 5) is 30.6. The zero-order valence-electron chi connectivity index (χ0n) is 16.8. The van der Waals surface area contributed by atoms with E-state index in [0.717, 1.165) is 25.5 Å². The molecule has 0 saturated heterocycles. The van der Waals surface area contributed by atoms with Gasteiger partial charge in [0, 0.05) is 53.9 Å². The quantitative estimate of drug-likeness (QED) is 0.279. The number of nitrogens with zero attached hydrogens (tertiary/aromatic N) is 2. The molecule has 1 aliphatic heterocycles. The van der Waals surface area contributed by atoms with Crippen molar-refractivity contribution in [3.63, 3.8) is 0 Å². The van der Waals surface area contributed by atoms with E-state index in [2.05, 4.69) is 26.2 Å². The molecule has 2 aromatic carbocycles. The third-order valence-corrected chi connectivity index (χ3v) is 7.34. The monoisotopic (exact) mass is 533 g/mol. The standard InChI is InChI=1S/C25H13BrClN3O2S/c26-13-5-8-21(28-10-13)30-11-17(15-3-1-2-4-19(15)30)22-23(25(32)29-24(22)31)18-12-33-20-7-6-14(27)9-16(18)20/h1-12H,(H,29,31,32). The summed E-state index contributed by atoms with van der Waals surface area (Å²) in [5.41, 5.74) is 2.98. The molecule has 5 nitrogen and oxygen atoms in total. The highest BCUT2D eigenvalue weighted by molar-refractivity contribution is 9.10. The summed E-state index contributed by atoms with van der Waals surface area (Å²) >= 11 is 11.2. The van der Waals surface area contributed by atoms with Crippen LogP contribution in [0.3, 0.4) is 0 Å². The predicted octanol–water partition coefficient (Wildman–Crippen LogP) is 6.22. The molecule has 33 heavy (non-hydrogen) atoms. The molecule has 1 N–H and O–H groups in total. The molecule has 0 fully saturated rings. The zero-order valence-corrected chi connectivity index (χ0v) is 20.0. The maximum atomic E-state index is 13.1. The summed E-state index contributed by atoms with van der Waals surface area (Å²) in [6, 6.07) is 17.1. The van der Waals surface area contributed by atoms with Gasteiger partial charge in [-0.25, -0.2) is 4.98 Å². The normalized spacial score (nSPS) is 14.0. The van der Waals surface area contributed by atoms with E-state index in [1.165, 1.54) is 11.3 Å². The zero-order chi connectivity index (χ0) is 22.7. The fourth-order valence-corrected chi connectivity index (χ4v) is 5.58. The fraction of sp³-hybridized carbons (Fsp3) is 0. The SMILES string of the molecule is O=C1NC(=O)C(c2cn(-c3ccc(Br)cn3)c3ccccc23)=C1c1csc2ccc(Cl)cc12. The van der Waals surface area contributed by atoms with E-state index >= 15 is 0 Å². The first-order valence-electron chi connectivity index (χ1n) is 10.0. The summed E-state index contributed by atoms with van der Waals surface area (Å²) in [6.07, 6.45) is 3.59. The van der Waals surface area contributed by atoms with Crippen LogP contribution in [0.4, 0.5) is 0 Å². The number of halogens is 2. The predicted molar refractivity (Wildman–Crippen MR) is 136 cm³/mol. The second-order valence-electron chi connectivity index (χ2n) is 7.59. The highest BCUT2D eigenvalue weighted by Gasteiger charge is 2.35. The van der Waals surface area contributed by atoms with Crippen molar-refractivity contribution in [3.8, 4) is 5.82 Å². The van der Waals surface area contributed by atoms with Crippen LogP contribution in [0.2, 0.25) is 5.02 Å². The van der Waals surface area contributed by atoms with Gasteiger partial charge < -0.3 is 4.57 Å². The Kier molecular flexibility index (Phi) is 4.72. The first kappa shape index (κ1) is 20.4. The van der Waals surface area contributed by atoms with E-state index in [9.17, 15) is 9.59 Å². The summed E-state index contributed by atoms with van der Waals surface area (Å²) in [7, 11) is 0. The van der Waals surface area contributed by atoms with Crippen molar-refractivity contribution in [1.82, 2.24) is 14.9 Å². The maximum absolute atomic E-state index is 13.1. The van der Waals surface area contributed by atoms with E-state index in [-0.39, 0.29) is 0 Å². The van der Waals surface area contributed by atoms with Crippen molar-refractivity contribution in [3.05, 3.63) is 93.0 Å². The van der Waals surface area contributed by atoms with Gasteiger partial charge in [0.2, 0.25) is 0 Å². The molecule has 1 aliphatic rings. The average Bonchev–Trinajstić information content (AvgIpc) is 3.47. The lowest BCUT2D eigenvalue weighted by Gasteiger charge is -2.04. The van der Waals surface area contributed by atoms with E-state index in [1.54, 1.807) is 6.20 Å². The molecular weight excluding hydrogens is 522 g/mol. The van der Waals surface area contributed by atoms with Gasteiger partial charge in [-0.1, -0.05) is 29.8 Å². The van der Waals surface area contributed by atoms with Crippen LogP contribution in [0.25, 0.3) is 38.0 Å². The van der Waals surface area contributed by atoms with Crippen molar-refractivity contribution >= 4 is 82.8 Å². The average molecular weight is 535 g/mol. The molecule has 0 bridgehead atoms. The summed E-state index contributed by atoms with van der Waals surface area (Å²) in [5, 5.41) is 6.68. The third-order valence-electron chi connectivity index (χ3n) is 5.68. The van der Waals surface area contributed by atoms with Gasteiger partial charge >= 0.3 is 0 Å². The number of imide groups is 1. The van der Waals surface area contributed by atoms with Crippen LogP contribution in [0.1, 0.15) is 11.1 Å². The number of thiophene rings is 1. The van der Waals surface area contributed by atoms with Gasteiger partial charge in [0.15, 0.2) is 0 Å². The minimum Gasteiger partial charge on any atom is -0.301 e. The van der Waals surface area contributed by atoms with E-state index in [1.807, 2.05) is 70.7 Å². The van der Waals surface area contributed by atoms with Gasteiger partial charge in [0.1, 0.15) is 5.82 Å². The van der Waals surface area contributed by atoms with Crippen molar-refractivity contribution in [2.24, 2.45) is 0 Å². The Morgan fingerprint density at radius 3 is 2.52 bits per heavy atom. The molecule has 3 aromatic heterocycles. The van der Waals surface area contributed by atoms with Crippen LogP contribution >= 0.6 is 38.9 Å². The lowest BCUT2D eigenvalue weighted by atomic mass is 9.95. The number of pyridine rings is 1. The number of benzene rings is 2. The van der Waals surface area contributed by atoms with E-state index in [4.69, 9.17) is 11.6 Å². The topological polar surface area (TPSA) is 64.0 Å². The molecule has 5 aromatic rings. The number of nitrogens with one attached hydrogen (secondary N) is 1. The molecule has 2 amide bonds. The number of hydrogen-bond acceptors (Lipinski definition) is 4. The molecule has 0 radical (unpaired) electrons. The van der Waals surface area contributed by atoms with Crippen LogP contribution in [0.15, 0.2) is 76.8 Å². The first-order valence-corrected chi connectivity index (χ1v) is 12.1. The van der Waals surface area contributed by atoms with Crippen LogP contribution in [-0.2, 0) is 9.59 Å². The molecule has 0 aliphatic carbocycles. The van der Waals surface area contributed by atoms with Gasteiger partial charge in [-0.15, -0.1) is 11.3 Å². The van der Waals surface area contributed by atoms with Crippen LogP contribution in [0, 0.1) is 0 Å². The second-order valence-corrected chi connectivity index (χ2v) is 9.85. The molecular formula is C25H13BrClN3O2S. The lowest BCUT2D eigenvalue weighted by molar-refractivity contribution is -0.122. The Morgan fingerprint density at radius 2 is 1.73 bits per heavy atom. The van der Waals surface area contributed by atoms with Crippen molar-refractivity contribution in [1.29, 1.82) is 0 Å². The van der Waals surface area contributed by atoms with Gasteiger partial charge in [0.25, 0.3) is 11.8 Å². The van der Waals surface area contributed by atoms with Gasteiger partial charge in [0.05, 0.1) is 16.7 Å². The Hall–Kier alpha value is -3.26. The van der Waals surface area contributed by atoms with Gasteiger partial charge in [-0.05, 0) is 52.3 Å². The van der Waals surface area contributed by atoms with Crippen LogP contribution in [0.5, 0.6) is 0 Å². The largest absolute Gasteiger partial charge is 0.301 e. The number of amides is 2. The number of rotatable bonds is 3. The molecule has 6 rings (SSSR count). The van der Waals surface area contributed by atoms with Crippen LogP contribution < -0.4 is 5.32 Å². The van der Waals surface area contributed by atoms with Crippen molar-refractivity contribution in [2.45, 2.75) is 0 Å². The number of para-hydroxylation sites is 1. The Morgan fingerprint density at radius 1 is 0.939 bits per heavy atom. The Balaban J connectivity index is 1.66. The van der Waals surface area contributed by atoms with Gasteiger partial charge in [-0.2, -0.15) is 0 Å². The van der Waals surface area contributed by atoms with Crippen molar-refractivity contribution in [2.75, 3.05) is 0 Å². The second kappa shape index (κ2) is 7.66. The molecule has 0 spiro atoms. The number of carbonyl (C=O) groups is 2. The highest BCUT2D eigenvalue weighted by Crippen LogP contribution is 2.41. The minimum atomic E-state index is -0.414. The number of fused-ring (bicyclic) bond motifs is 2. The highest BCUT2D eigenvalue weighted by atomic mass is 79.9. The number of aromatic nitrogens is 2. The molecule has 0 unspecified atom stereocenters.